The van der Waals surface area contributed by atoms with Gasteiger partial charge in [0.15, 0.2) is 0 Å². The second kappa shape index (κ2) is 13.4. The van der Waals surface area contributed by atoms with Gasteiger partial charge in [0.1, 0.15) is 11.2 Å². The van der Waals surface area contributed by atoms with Gasteiger partial charge in [0.05, 0.1) is 22.1 Å². The minimum atomic E-state index is -0.515. The lowest BCUT2D eigenvalue weighted by Gasteiger charge is -2.34. The Hall–Kier alpha value is -8.14. The van der Waals surface area contributed by atoms with E-state index in [1.54, 1.807) is 0 Å². The third-order valence-electron chi connectivity index (χ3n) is 13.2. The van der Waals surface area contributed by atoms with Crippen LogP contribution in [0.2, 0.25) is 0 Å². The highest BCUT2D eigenvalue weighted by atomic mass is 16.3. The van der Waals surface area contributed by atoms with Crippen molar-refractivity contribution in [1.29, 1.82) is 0 Å². The number of anilines is 3. The van der Waals surface area contributed by atoms with E-state index in [0.717, 1.165) is 55.7 Å². The lowest BCUT2D eigenvalue weighted by atomic mass is 9.67. The Morgan fingerprint density at radius 2 is 0.952 bits per heavy atom. The summed E-state index contributed by atoms with van der Waals surface area (Å²) in [5.41, 5.74) is 15.6. The van der Waals surface area contributed by atoms with Gasteiger partial charge in [-0.2, -0.15) is 0 Å². The molecule has 0 spiro atoms. The summed E-state index contributed by atoms with van der Waals surface area (Å²) in [7, 11) is 0. The first-order valence-corrected chi connectivity index (χ1v) is 21.3. The lowest BCUT2D eigenvalue weighted by molar-refractivity contribution is 0.669. The predicted octanol–water partition coefficient (Wildman–Crippen LogP) is 15.7. The molecule has 1 aliphatic carbocycles. The molecule has 0 saturated carbocycles. The highest BCUT2D eigenvalue weighted by molar-refractivity contribution is 6.12. The average Bonchev–Trinajstić information content (AvgIpc) is 3.98. The summed E-state index contributed by atoms with van der Waals surface area (Å²) in [6, 6.07) is 84.2. The third kappa shape index (κ3) is 4.94. The molecule has 12 aromatic rings. The van der Waals surface area contributed by atoms with Crippen LogP contribution in [0.3, 0.4) is 0 Å². The maximum atomic E-state index is 6.51. The maximum absolute atomic E-state index is 6.51. The SMILES string of the molecule is c1ccc(-n2c3ccc(N(c4ccc5c(c4)oc4ccccc45)c4cccc5ccccc45)cc3c3cc(C4(c5ccccc5)c5ccccc5-c5ccccc54)ccc32)cc1. The smallest absolute Gasteiger partial charge is 0.137 e. The molecule has 2 aromatic heterocycles. The molecular weight excluding hydrogens is 753 g/mol. The van der Waals surface area contributed by atoms with Crippen LogP contribution in [0.1, 0.15) is 22.3 Å². The van der Waals surface area contributed by atoms with Crippen LogP contribution < -0.4 is 4.90 Å². The van der Waals surface area contributed by atoms with Crippen LogP contribution in [0, 0.1) is 0 Å². The summed E-state index contributed by atoms with van der Waals surface area (Å²) >= 11 is 0. The first-order chi connectivity index (χ1) is 30.8. The van der Waals surface area contributed by atoms with Crippen molar-refractivity contribution in [1.82, 2.24) is 4.57 Å². The van der Waals surface area contributed by atoms with Gasteiger partial charge in [0, 0.05) is 50.1 Å². The first kappa shape index (κ1) is 34.7. The van der Waals surface area contributed by atoms with Gasteiger partial charge < -0.3 is 13.9 Å². The Bertz CT molecular complexity index is 3660. The van der Waals surface area contributed by atoms with E-state index in [-0.39, 0.29) is 0 Å². The molecule has 3 heteroatoms. The third-order valence-corrected chi connectivity index (χ3v) is 13.2. The lowest BCUT2D eigenvalue weighted by Crippen LogP contribution is -2.28. The number of fused-ring (bicyclic) bond motifs is 10. The van der Waals surface area contributed by atoms with E-state index >= 15 is 0 Å². The Balaban J connectivity index is 1.11. The normalized spacial score (nSPS) is 13.0. The molecule has 0 atom stereocenters. The van der Waals surface area contributed by atoms with Crippen molar-refractivity contribution in [2.75, 3.05) is 4.90 Å². The van der Waals surface area contributed by atoms with Crippen molar-refractivity contribution in [3.05, 3.63) is 253 Å². The fourth-order valence-corrected chi connectivity index (χ4v) is 10.6. The van der Waals surface area contributed by atoms with Crippen molar-refractivity contribution < 1.29 is 4.42 Å². The molecule has 0 bridgehead atoms. The van der Waals surface area contributed by atoms with Crippen LogP contribution in [0.15, 0.2) is 235 Å². The van der Waals surface area contributed by atoms with E-state index < -0.39 is 5.41 Å². The van der Waals surface area contributed by atoms with Crippen molar-refractivity contribution in [2.24, 2.45) is 0 Å². The number of rotatable bonds is 6. The van der Waals surface area contributed by atoms with Gasteiger partial charge in [-0.3, -0.25) is 0 Å². The number of hydrogen-bond donors (Lipinski definition) is 0. The number of aromatic nitrogens is 1. The quantitative estimate of drug-likeness (QED) is 0.167. The fourth-order valence-electron chi connectivity index (χ4n) is 10.6. The molecule has 0 N–H and O–H groups in total. The van der Waals surface area contributed by atoms with Gasteiger partial charge in [-0.25, -0.2) is 0 Å². The second-order valence-electron chi connectivity index (χ2n) is 16.4. The minimum Gasteiger partial charge on any atom is -0.456 e. The standard InChI is InChI=1S/C59H38N2O/c1-3-18-40(19-4-1)59(52-26-12-9-23-46(52)47-24-10-13-27-53(47)59)41-30-34-55-50(36-41)51-37-43(32-35-56(51)61(55)42-20-5-2-6-21-42)60(54-28-15-17-39-16-7-8-22-45(39)54)44-31-33-49-48-25-11-14-29-57(48)62-58(49)38-44/h1-38H. The summed E-state index contributed by atoms with van der Waals surface area (Å²) in [5.74, 6) is 0. The number of nitrogens with zero attached hydrogens (tertiary/aromatic N) is 2. The van der Waals surface area contributed by atoms with Gasteiger partial charge in [-0.05, 0) is 105 Å². The highest BCUT2D eigenvalue weighted by Gasteiger charge is 2.46. The van der Waals surface area contributed by atoms with Crippen LogP contribution in [-0.2, 0) is 5.41 Å². The summed E-state index contributed by atoms with van der Waals surface area (Å²) in [4.78, 5) is 2.40. The van der Waals surface area contributed by atoms with E-state index in [1.165, 1.54) is 54.9 Å². The van der Waals surface area contributed by atoms with Crippen LogP contribution in [-0.4, -0.2) is 4.57 Å². The van der Waals surface area contributed by atoms with E-state index in [0.29, 0.717) is 0 Å². The molecule has 62 heavy (non-hydrogen) atoms. The number of hydrogen-bond acceptors (Lipinski definition) is 2. The molecule has 3 nitrogen and oxygen atoms in total. The Kier molecular flexibility index (Phi) is 7.52. The Morgan fingerprint density at radius 3 is 1.74 bits per heavy atom. The molecule has 0 radical (unpaired) electrons. The van der Waals surface area contributed by atoms with Gasteiger partial charge in [-0.1, -0.05) is 158 Å². The largest absolute Gasteiger partial charge is 0.456 e. The average molecular weight is 791 g/mol. The van der Waals surface area contributed by atoms with E-state index in [4.69, 9.17) is 4.42 Å². The summed E-state index contributed by atoms with van der Waals surface area (Å²) in [6.07, 6.45) is 0. The van der Waals surface area contributed by atoms with Crippen molar-refractivity contribution in [2.45, 2.75) is 5.41 Å². The number of benzene rings is 10. The monoisotopic (exact) mass is 790 g/mol. The number of para-hydroxylation sites is 2. The molecule has 10 aromatic carbocycles. The van der Waals surface area contributed by atoms with Gasteiger partial charge in [0.2, 0.25) is 0 Å². The zero-order valence-corrected chi connectivity index (χ0v) is 33.7. The van der Waals surface area contributed by atoms with Gasteiger partial charge in [-0.15, -0.1) is 0 Å². The molecule has 2 heterocycles. The van der Waals surface area contributed by atoms with Crippen molar-refractivity contribution in [3.8, 4) is 16.8 Å². The Labute approximate surface area is 359 Å². The van der Waals surface area contributed by atoms with E-state index in [2.05, 4.69) is 228 Å². The molecular formula is C59H38N2O. The van der Waals surface area contributed by atoms with Crippen LogP contribution in [0.5, 0.6) is 0 Å². The highest BCUT2D eigenvalue weighted by Crippen LogP contribution is 2.56. The first-order valence-electron chi connectivity index (χ1n) is 21.3. The van der Waals surface area contributed by atoms with Gasteiger partial charge in [0.25, 0.3) is 0 Å². The topological polar surface area (TPSA) is 21.3 Å². The van der Waals surface area contributed by atoms with Crippen molar-refractivity contribution >= 4 is 71.6 Å². The summed E-state index contributed by atoms with van der Waals surface area (Å²) in [6.45, 7) is 0. The van der Waals surface area contributed by atoms with Crippen LogP contribution in [0.25, 0.3) is 71.3 Å². The predicted molar refractivity (Wildman–Crippen MR) is 258 cm³/mol. The second-order valence-corrected chi connectivity index (χ2v) is 16.4. The molecule has 0 aliphatic heterocycles. The number of furan rings is 1. The summed E-state index contributed by atoms with van der Waals surface area (Å²) in [5, 5.41) is 6.98. The Morgan fingerprint density at radius 1 is 0.371 bits per heavy atom. The maximum Gasteiger partial charge on any atom is 0.137 e. The minimum absolute atomic E-state index is 0.515. The summed E-state index contributed by atoms with van der Waals surface area (Å²) < 4.78 is 8.93. The molecule has 290 valence electrons. The van der Waals surface area contributed by atoms with E-state index in [9.17, 15) is 0 Å². The molecule has 0 fully saturated rings. The van der Waals surface area contributed by atoms with Gasteiger partial charge >= 0.3 is 0 Å². The molecule has 13 rings (SSSR count). The zero-order valence-electron chi connectivity index (χ0n) is 33.7. The van der Waals surface area contributed by atoms with Crippen LogP contribution in [0.4, 0.5) is 17.1 Å². The molecule has 1 aliphatic rings. The van der Waals surface area contributed by atoms with Crippen LogP contribution >= 0.6 is 0 Å². The fraction of sp³-hybridized carbons (Fsp3) is 0.0169. The molecule has 0 unspecified atom stereocenters. The molecule has 0 amide bonds. The zero-order chi connectivity index (χ0) is 40.8. The van der Waals surface area contributed by atoms with Crippen molar-refractivity contribution in [3.63, 3.8) is 0 Å². The molecule has 0 saturated heterocycles. The van der Waals surface area contributed by atoms with E-state index in [1.807, 2.05) is 12.1 Å².